The summed E-state index contributed by atoms with van der Waals surface area (Å²) in [6.07, 6.45) is 7.18. The van der Waals surface area contributed by atoms with Crippen LogP contribution in [0, 0.1) is 5.41 Å². The summed E-state index contributed by atoms with van der Waals surface area (Å²) < 4.78 is 19.6. The van der Waals surface area contributed by atoms with E-state index in [1.165, 1.54) is 0 Å². The van der Waals surface area contributed by atoms with E-state index in [1.807, 2.05) is 0 Å². The lowest BCUT2D eigenvalue weighted by Gasteiger charge is -2.23. The average Bonchev–Trinajstić information content (AvgIpc) is 3.20. The molecule has 0 saturated carbocycles. The predicted octanol–water partition coefficient (Wildman–Crippen LogP) is -0.0380. The first kappa shape index (κ1) is 68.5. The van der Waals surface area contributed by atoms with Gasteiger partial charge >= 0.3 is 47.8 Å². The molecule has 0 spiro atoms. The molecular formula is C35H54O22. The summed E-state index contributed by atoms with van der Waals surface area (Å²) >= 11 is 0. The van der Waals surface area contributed by atoms with E-state index in [0.29, 0.717) is 26.4 Å². The zero-order valence-corrected chi connectivity index (χ0v) is 31.2. The fourth-order valence-electron chi connectivity index (χ4n) is 1.14. The van der Waals surface area contributed by atoms with Crippen LogP contribution in [-0.2, 0) is 57.3 Å². The van der Waals surface area contributed by atoms with Gasteiger partial charge < -0.3 is 70.0 Å². The summed E-state index contributed by atoms with van der Waals surface area (Å²) in [5, 5.41) is 79.6. The van der Waals surface area contributed by atoms with Gasteiger partial charge in [-0.2, -0.15) is 0 Å². The third-order valence-electron chi connectivity index (χ3n) is 4.04. The molecule has 22 heteroatoms. The van der Waals surface area contributed by atoms with Crippen LogP contribution in [-0.4, -0.2) is 165 Å². The Hall–Kier alpha value is -6.56. The van der Waals surface area contributed by atoms with Gasteiger partial charge in [0.05, 0.1) is 58.3 Å². The minimum absolute atomic E-state index is 0.182. The molecule has 0 aromatic rings. The van der Waals surface area contributed by atoms with Crippen LogP contribution in [0.5, 0.6) is 0 Å². The molecule has 326 valence electrons. The molecule has 0 aliphatic heterocycles. The molecule has 0 aromatic heterocycles. The van der Waals surface area contributed by atoms with Crippen molar-refractivity contribution >= 4 is 47.8 Å². The number of carbonyl (C=O) groups excluding carboxylic acids is 2. The van der Waals surface area contributed by atoms with Gasteiger partial charge in [-0.25, -0.2) is 38.4 Å². The number of rotatable bonds is 21. The Morgan fingerprint density at radius 1 is 0.351 bits per heavy atom. The Bertz CT molecular complexity index is 1020. The smallest absolute Gasteiger partial charge is 0.330 e. The number of carboxylic acid groups (broad SMARTS) is 6. The lowest BCUT2D eigenvalue weighted by atomic mass is 9.93. The van der Waals surface area contributed by atoms with Crippen LogP contribution in [0.3, 0.4) is 0 Å². The molecule has 0 fully saturated rings. The van der Waals surface area contributed by atoms with Gasteiger partial charge in [0, 0.05) is 48.6 Å². The van der Waals surface area contributed by atoms with Crippen LogP contribution in [0.1, 0.15) is 0 Å². The van der Waals surface area contributed by atoms with E-state index < -0.39 is 79.6 Å². The Balaban J connectivity index is -0.0000000869. The minimum atomic E-state index is -1.11. The van der Waals surface area contributed by atoms with Gasteiger partial charge in [-0.3, -0.25) is 0 Å². The molecule has 0 amide bonds. The first-order valence-electron chi connectivity index (χ1n) is 14.9. The summed E-state index contributed by atoms with van der Waals surface area (Å²) in [5.41, 5.74) is -1.11. The van der Waals surface area contributed by atoms with Gasteiger partial charge in [0.25, 0.3) is 0 Å². The maximum Gasteiger partial charge on any atom is 0.330 e. The van der Waals surface area contributed by atoms with Gasteiger partial charge in [0.2, 0.25) is 0 Å². The predicted molar refractivity (Wildman–Crippen MR) is 202 cm³/mol. The number of aliphatic hydroxyl groups is 4. The molecular weight excluding hydrogens is 772 g/mol. The van der Waals surface area contributed by atoms with Crippen molar-refractivity contribution in [1.29, 1.82) is 0 Å². The second kappa shape index (κ2) is 56.2. The van der Waals surface area contributed by atoms with Crippen molar-refractivity contribution in [1.82, 2.24) is 0 Å². The maximum absolute atomic E-state index is 10.6. The second-order valence-electron chi connectivity index (χ2n) is 8.35. The summed E-state index contributed by atoms with van der Waals surface area (Å²) in [7, 11) is 0. The molecule has 0 heterocycles. The van der Waals surface area contributed by atoms with Crippen LogP contribution in [0.4, 0.5) is 0 Å². The van der Waals surface area contributed by atoms with Crippen molar-refractivity contribution in [2.24, 2.45) is 5.41 Å². The fraction of sp³-hybridized carbons (Fsp3) is 0.314. The van der Waals surface area contributed by atoms with Crippen molar-refractivity contribution in [2.45, 2.75) is 0 Å². The van der Waals surface area contributed by atoms with Crippen LogP contribution in [0.25, 0.3) is 0 Å². The molecule has 0 aliphatic carbocycles. The molecule has 22 nitrogen and oxygen atoms in total. The topological polar surface area (TPSA) is 376 Å². The van der Waals surface area contributed by atoms with Crippen molar-refractivity contribution in [3.05, 3.63) is 101 Å². The van der Waals surface area contributed by atoms with Gasteiger partial charge in [0.1, 0.15) is 13.2 Å². The number of aliphatic hydroxyl groups excluding tert-OH is 4. The Labute approximate surface area is 328 Å². The largest absolute Gasteiger partial charge is 0.478 e. The monoisotopic (exact) mass is 826 g/mol. The molecule has 10 N–H and O–H groups in total. The molecule has 0 radical (unpaired) electrons. The van der Waals surface area contributed by atoms with Gasteiger partial charge in [0.15, 0.2) is 0 Å². The molecule has 0 saturated heterocycles. The van der Waals surface area contributed by atoms with Crippen LogP contribution in [0.15, 0.2) is 101 Å². The molecule has 0 unspecified atom stereocenters. The molecule has 0 aliphatic rings. The van der Waals surface area contributed by atoms with E-state index in [9.17, 15) is 38.4 Å². The number of hydrogen-bond acceptors (Lipinski definition) is 16. The zero-order chi connectivity index (χ0) is 46.7. The van der Waals surface area contributed by atoms with E-state index in [4.69, 9.17) is 60.5 Å². The first-order chi connectivity index (χ1) is 26.6. The van der Waals surface area contributed by atoms with Crippen molar-refractivity contribution in [2.75, 3.05) is 66.1 Å². The highest BCUT2D eigenvalue weighted by Crippen LogP contribution is 2.11. The van der Waals surface area contributed by atoms with E-state index in [-0.39, 0.29) is 13.2 Å². The third kappa shape index (κ3) is 93.8. The Kier molecular flexibility index (Phi) is 67.5. The molecule has 57 heavy (non-hydrogen) atoms. The summed E-state index contributed by atoms with van der Waals surface area (Å²) in [4.78, 5) is 76.8. The number of hydrogen-bond donors (Lipinski definition) is 10. The lowest BCUT2D eigenvalue weighted by molar-refractivity contribution is -0.141. The molecule has 0 rings (SSSR count). The number of carboxylic acids is 6. The Morgan fingerprint density at radius 2 is 0.509 bits per heavy atom. The van der Waals surface area contributed by atoms with Crippen LogP contribution < -0.4 is 0 Å². The van der Waals surface area contributed by atoms with Crippen molar-refractivity contribution < 1.29 is 108 Å². The van der Waals surface area contributed by atoms with Gasteiger partial charge in [-0.1, -0.05) is 52.6 Å². The highest BCUT2D eigenvalue weighted by atomic mass is 16.6. The van der Waals surface area contributed by atoms with Crippen LogP contribution in [0.2, 0.25) is 0 Å². The van der Waals surface area contributed by atoms with Gasteiger partial charge in [-0.15, -0.1) is 0 Å². The van der Waals surface area contributed by atoms with Crippen LogP contribution >= 0.6 is 0 Å². The third-order valence-corrected chi connectivity index (χ3v) is 4.04. The number of esters is 2. The van der Waals surface area contributed by atoms with E-state index in [1.54, 1.807) is 0 Å². The first-order valence-corrected chi connectivity index (χ1v) is 14.9. The quantitative estimate of drug-likeness (QED) is 0.0412. The lowest BCUT2D eigenvalue weighted by Crippen LogP contribution is -2.37. The average molecular weight is 827 g/mol. The normalized spacial score (nSPS) is 8.28. The summed E-state index contributed by atoms with van der Waals surface area (Å²) in [6, 6.07) is 0. The Morgan fingerprint density at radius 3 is 0.614 bits per heavy atom. The summed E-state index contributed by atoms with van der Waals surface area (Å²) in [5.74, 6) is -6.84. The van der Waals surface area contributed by atoms with E-state index >= 15 is 0 Å². The highest BCUT2D eigenvalue weighted by molar-refractivity contribution is 5.82. The fourth-order valence-corrected chi connectivity index (χ4v) is 1.14. The molecule has 0 bridgehead atoms. The van der Waals surface area contributed by atoms with E-state index in [0.717, 1.165) is 48.6 Å². The highest BCUT2D eigenvalue weighted by Gasteiger charge is 2.26. The van der Waals surface area contributed by atoms with Crippen molar-refractivity contribution in [3.8, 4) is 0 Å². The molecule has 0 aromatic carbocycles. The molecule has 0 atom stereocenters. The SMILES string of the molecule is C=CC(=O)O.C=CC(=O)O.C=CC(=O)O.C=CC(=O)O.C=CC(=O)O.C=CC(=O)O.C=CC(=O)OCCOCCOCCOC(=O)C=C.OCC(CO)(CO)CO. The minimum Gasteiger partial charge on any atom is -0.478 e. The maximum atomic E-state index is 10.6. The number of aliphatic carboxylic acids is 6. The zero-order valence-electron chi connectivity index (χ0n) is 31.2. The van der Waals surface area contributed by atoms with Gasteiger partial charge in [-0.05, 0) is 0 Å². The van der Waals surface area contributed by atoms with E-state index in [2.05, 4.69) is 62.1 Å². The number of ether oxygens (including phenoxy) is 4. The number of carbonyl (C=O) groups is 8. The standard InChI is InChI=1S/C12H18O6.C5H12O4.6C3H4O2/c1-3-11(13)17-9-7-15-5-6-16-8-10-18-12(14)4-2;6-1-5(2-7,3-8)4-9;6*1-2-3(4)5/h3-4H,1-2,5-10H2;6-9H,1-4H2;6*2H,1H2,(H,4,5). The summed E-state index contributed by atoms with van der Waals surface area (Å²) in [6.45, 7) is 24.4. The second-order valence-corrected chi connectivity index (χ2v) is 8.35. The van der Waals surface area contributed by atoms with Crippen molar-refractivity contribution in [3.63, 3.8) is 0 Å².